The summed E-state index contributed by atoms with van der Waals surface area (Å²) >= 11 is 0. The quantitative estimate of drug-likeness (QED) is 0.435. The summed E-state index contributed by atoms with van der Waals surface area (Å²) in [6, 6.07) is 3.19. The van der Waals surface area contributed by atoms with Gasteiger partial charge in [-0.3, -0.25) is 14.4 Å². The Kier molecular flexibility index (Phi) is 4.71. The molecule has 1 aromatic carbocycles. The molecule has 1 fully saturated rings. The molecule has 0 unspecified atom stereocenters. The number of hydrogen-bond acceptors (Lipinski definition) is 8. The van der Waals surface area contributed by atoms with Crippen LogP contribution in [-0.2, 0) is 27.3 Å². The predicted octanol–water partition coefficient (Wildman–Crippen LogP) is 0.485. The van der Waals surface area contributed by atoms with E-state index in [9.17, 15) is 34.8 Å². The molecule has 9 heteroatoms. The first-order chi connectivity index (χ1) is 14.5. The molecule has 0 heterocycles. The third-order valence-electron chi connectivity index (χ3n) is 6.53. The Morgan fingerprint density at radius 1 is 1.19 bits per heavy atom. The van der Waals surface area contributed by atoms with Crippen molar-refractivity contribution in [3.05, 3.63) is 45.7 Å². The molecule has 0 saturated heterocycles. The maximum absolute atomic E-state index is 13.4. The molecule has 0 bridgehead atoms. The molecule has 3 aliphatic carbocycles. The van der Waals surface area contributed by atoms with Gasteiger partial charge in [0.05, 0.1) is 5.56 Å². The lowest BCUT2D eigenvalue weighted by Crippen LogP contribution is -2.58. The molecule has 1 aromatic rings. The molecule has 164 valence electrons. The number of ketones is 2. The Bertz CT molecular complexity index is 1100. The minimum atomic E-state index is -2.54. The van der Waals surface area contributed by atoms with Gasteiger partial charge in [0.15, 0.2) is 11.4 Å². The summed E-state index contributed by atoms with van der Waals surface area (Å²) in [5, 5.41) is 43.1. The van der Waals surface area contributed by atoms with Gasteiger partial charge < -0.3 is 31.1 Å². The number of carbonyl (C=O) groups excluding carboxylic acids is 3. The molecule has 0 aliphatic heterocycles. The standard InChI is InChI=1S/C22H24N2O7/c1-24(2)8-9-3-4-13(25)16-12(9)6-10-5-11-7-14(26)17(21(23)30)20(29)22(11,31)19(28)15(10)18(16)27/h3-4,10-11,25,27,29,31H,5-8H2,1-2H3,(H2,23,30)/t10-,11+,22+/m1/s1. The van der Waals surface area contributed by atoms with Gasteiger partial charge in [0.25, 0.3) is 5.91 Å². The van der Waals surface area contributed by atoms with E-state index in [-0.39, 0.29) is 29.7 Å². The van der Waals surface area contributed by atoms with Crippen LogP contribution in [-0.4, -0.2) is 62.5 Å². The summed E-state index contributed by atoms with van der Waals surface area (Å²) in [7, 11) is 3.76. The minimum absolute atomic E-state index is 0.117. The average Bonchev–Trinajstić information content (AvgIpc) is 2.66. The van der Waals surface area contributed by atoms with Gasteiger partial charge in [0.1, 0.15) is 22.8 Å². The zero-order valence-electron chi connectivity index (χ0n) is 17.2. The Morgan fingerprint density at radius 3 is 2.48 bits per heavy atom. The molecule has 6 N–H and O–H groups in total. The van der Waals surface area contributed by atoms with E-state index in [1.165, 1.54) is 6.07 Å². The summed E-state index contributed by atoms with van der Waals surface area (Å²) < 4.78 is 0. The fourth-order valence-corrected chi connectivity index (χ4v) is 5.17. The van der Waals surface area contributed by atoms with Gasteiger partial charge >= 0.3 is 0 Å². The number of hydrogen-bond donors (Lipinski definition) is 5. The van der Waals surface area contributed by atoms with Crippen LogP contribution in [0.25, 0.3) is 5.76 Å². The Labute approximate surface area is 178 Å². The van der Waals surface area contributed by atoms with Crippen LogP contribution in [0.2, 0.25) is 0 Å². The summed E-state index contributed by atoms with van der Waals surface area (Å²) in [6.07, 6.45) is 0.110. The second-order valence-corrected chi connectivity index (χ2v) is 8.74. The molecule has 1 saturated carbocycles. The average molecular weight is 428 g/mol. The number of amides is 1. The number of nitrogens with zero attached hydrogens (tertiary/aromatic N) is 1. The molecule has 1 amide bonds. The number of nitrogens with two attached hydrogens (primary N) is 1. The number of phenols is 1. The van der Waals surface area contributed by atoms with Crippen LogP contribution in [0.5, 0.6) is 5.75 Å². The second kappa shape index (κ2) is 6.93. The number of Topliss-reactive ketones (excluding diaryl/α,β-unsaturated/α-hetero) is 2. The zero-order chi connectivity index (χ0) is 22.8. The van der Waals surface area contributed by atoms with Crippen LogP contribution in [0.4, 0.5) is 0 Å². The Balaban J connectivity index is 1.91. The van der Waals surface area contributed by atoms with Crippen molar-refractivity contribution in [1.82, 2.24) is 4.90 Å². The largest absolute Gasteiger partial charge is 0.508 e. The van der Waals surface area contributed by atoms with Crippen molar-refractivity contribution in [2.24, 2.45) is 17.6 Å². The van der Waals surface area contributed by atoms with Crippen molar-refractivity contribution in [1.29, 1.82) is 0 Å². The molecule has 9 nitrogen and oxygen atoms in total. The van der Waals surface area contributed by atoms with E-state index in [2.05, 4.69) is 0 Å². The van der Waals surface area contributed by atoms with Crippen molar-refractivity contribution < 1.29 is 34.8 Å². The van der Waals surface area contributed by atoms with Crippen LogP contribution in [0.3, 0.4) is 0 Å². The number of fused-ring (bicyclic) bond motifs is 3. The van der Waals surface area contributed by atoms with E-state index in [0.717, 1.165) is 5.56 Å². The third kappa shape index (κ3) is 2.88. The number of rotatable bonds is 3. The van der Waals surface area contributed by atoms with Gasteiger partial charge in [-0.25, -0.2) is 0 Å². The molecule has 0 spiro atoms. The molecule has 31 heavy (non-hydrogen) atoms. The number of phenolic OH excluding ortho intramolecular Hbond substituents is 1. The molecule has 0 radical (unpaired) electrons. The molecule has 4 rings (SSSR count). The maximum atomic E-state index is 13.4. The summed E-state index contributed by atoms with van der Waals surface area (Å²) in [5.41, 5.74) is 3.39. The first-order valence-electron chi connectivity index (χ1n) is 9.94. The highest BCUT2D eigenvalue weighted by atomic mass is 16.3. The maximum Gasteiger partial charge on any atom is 0.255 e. The van der Waals surface area contributed by atoms with Crippen molar-refractivity contribution in [3.63, 3.8) is 0 Å². The van der Waals surface area contributed by atoms with Crippen molar-refractivity contribution in [3.8, 4) is 5.75 Å². The van der Waals surface area contributed by atoms with Crippen molar-refractivity contribution in [2.45, 2.75) is 31.4 Å². The molecule has 3 aliphatic rings. The monoisotopic (exact) mass is 428 g/mol. The molecular weight excluding hydrogens is 404 g/mol. The predicted molar refractivity (Wildman–Crippen MR) is 109 cm³/mol. The van der Waals surface area contributed by atoms with Gasteiger partial charge in [-0.1, -0.05) is 6.07 Å². The van der Waals surface area contributed by atoms with E-state index in [4.69, 9.17) is 5.73 Å². The second-order valence-electron chi connectivity index (χ2n) is 8.74. The topological polar surface area (TPSA) is 161 Å². The smallest absolute Gasteiger partial charge is 0.255 e. The number of aliphatic hydroxyl groups excluding tert-OH is 2. The fourth-order valence-electron chi connectivity index (χ4n) is 5.17. The summed E-state index contributed by atoms with van der Waals surface area (Å²) in [5.74, 6) is -6.18. The Morgan fingerprint density at radius 2 is 1.87 bits per heavy atom. The van der Waals surface area contributed by atoms with Crippen LogP contribution in [0.1, 0.15) is 29.5 Å². The number of carbonyl (C=O) groups is 3. The highest BCUT2D eigenvalue weighted by Crippen LogP contribution is 2.52. The highest BCUT2D eigenvalue weighted by molar-refractivity contribution is 6.22. The van der Waals surface area contributed by atoms with E-state index < -0.39 is 52.0 Å². The SMILES string of the molecule is CN(C)Cc1ccc(O)c2c1C[C@H]1C[C@H]3CC(=O)C(C(N)=O)=C(O)[C@@]3(O)C(=O)C1=C2O. The molecule has 3 atom stereocenters. The van der Waals surface area contributed by atoms with Crippen LogP contribution < -0.4 is 5.73 Å². The van der Waals surface area contributed by atoms with Crippen LogP contribution in [0, 0.1) is 11.8 Å². The number of benzene rings is 1. The zero-order valence-corrected chi connectivity index (χ0v) is 17.2. The lowest BCUT2D eigenvalue weighted by molar-refractivity contribution is -0.147. The lowest BCUT2D eigenvalue weighted by Gasteiger charge is -2.46. The first-order valence-corrected chi connectivity index (χ1v) is 9.94. The summed E-state index contributed by atoms with van der Waals surface area (Å²) in [6.45, 7) is 0.545. The normalized spacial score (nSPS) is 27.9. The molecular formula is C22H24N2O7. The van der Waals surface area contributed by atoms with E-state index in [1.807, 2.05) is 19.0 Å². The fraction of sp³-hybridized carbons (Fsp3) is 0.409. The minimum Gasteiger partial charge on any atom is -0.508 e. The van der Waals surface area contributed by atoms with E-state index in [1.54, 1.807) is 6.07 Å². The lowest BCUT2D eigenvalue weighted by atomic mass is 9.59. The Hall–Kier alpha value is -3.17. The van der Waals surface area contributed by atoms with Gasteiger partial charge in [-0.05, 0) is 50.0 Å². The van der Waals surface area contributed by atoms with Gasteiger partial charge in [-0.15, -0.1) is 0 Å². The highest BCUT2D eigenvalue weighted by Gasteiger charge is 2.60. The third-order valence-corrected chi connectivity index (χ3v) is 6.53. The summed E-state index contributed by atoms with van der Waals surface area (Å²) in [4.78, 5) is 39.3. The van der Waals surface area contributed by atoms with Crippen molar-refractivity contribution in [2.75, 3.05) is 14.1 Å². The van der Waals surface area contributed by atoms with Gasteiger partial charge in [0, 0.05) is 24.5 Å². The number of primary amides is 1. The van der Waals surface area contributed by atoms with Gasteiger partial charge in [-0.2, -0.15) is 0 Å². The van der Waals surface area contributed by atoms with Crippen LogP contribution in [0.15, 0.2) is 29.0 Å². The van der Waals surface area contributed by atoms with Crippen LogP contribution >= 0.6 is 0 Å². The van der Waals surface area contributed by atoms with Crippen molar-refractivity contribution >= 4 is 23.2 Å². The number of aromatic hydroxyl groups is 1. The van der Waals surface area contributed by atoms with Gasteiger partial charge in [0.2, 0.25) is 5.78 Å². The first kappa shape index (κ1) is 21.1. The molecule has 0 aromatic heterocycles. The number of aliphatic hydroxyl groups is 3. The van der Waals surface area contributed by atoms with E-state index in [0.29, 0.717) is 18.5 Å². The van der Waals surface area contributed by atoms with E-state index >= 15 is 0 Å².